The summed E-state index contributed by atoms with van der Waals surface area (Å²) in [5.74, 6) is 2.07. The SMILES string of the molecule is CCOc1ccc(CCNC(=NC)NCCNC(=O)c2cccnc2)cc1OCC.I. The van der Waals surface area contributed by atoms with Gasteiger partial charge in [0.05, 0.1) is 18.8 Å². The summed E-state index contributed by atoms with van der Waals surface area (Å²) in [4.78, 5) is 20.1. The van der Waals surface area contributed by atoms with Gasteiger partial charge in [0.1, 0.15) is 0 Å². The van der Waals surface area contributed by atoms with Crippen LogP contribution < -0.4 is 25.4 Å². The molecule has 2 aromatic rings. The maximum absolute atomic E-state index is 12.0. The van der Waals surface area contributed by atoms with Crippen molar-refractivity contribution in [2.45, 2.75) is 20.3 Å². The summed E-state index contributed by atoms with van der Waals surface area (Å²) < 4.78 is 11.3. The number of amides is 1. The lowest BCUT2D eigenvalue weighted by Gasteiger charge is -2.14. The number of nitrogens with one attached hydrogen (secondary N) is 3. The number of guanidine groups is 1. The molecule has 0 spiro atoms. The minimum absolute atomic E-state index is 0. The van der Waals surface area contributed by atoms with Gasteiger partial charge in [-0.05, 0) is 50.1 Å². The Kier molecular flexibility index (Phi) is 13.0. The van der Waals surface area contributed by atoms with Crippen molar-refractivity contribution in [1.29, 1.82) is 0 Å². The van der Waals surface area contributed by atoms with Gasteiger partial charge in [0.15, 0.2) is 17.5 Å². The van der Waals surface area contributed by atoms with Crippen molar-refractivity contribution >= 4 is 35.8 Å². The zero-order valence-electron chi connectivity index (χ0n) is 18.3. The fourth-order valence-corrected chi connectivity index (χ4v) is 2.75. The second kappa shape index (κ2) is 15.3. The summed E-state index contributed by atoms with van der Waals surface area (Å²) in [6.07, 6.45) is 3.99. The van der Waals surface area contributed by atoms with E-state index in [0.29, 0.717) is 44.4 Å². The molecule has 0 bridgehead atoms. The molecule has 0 aliphatic carbocycles. The number of pyridine rings is 1. The van der Waals surface area contributed by atoms with Crippen LogP contribution in [-0.2, 0) is 6.42 Å². The second-order valence-corrected chi connectivity index (χ2v) is 6.32. The number of benzene rings is 1. The number of hydrogen-bond acceptors (Lipinski definition) is 5. The molecule has 1 heterocycles. The molecule has 1 amide bonds. The Hall–Kier alpha value is -2.56. The molecule has 0 aliphatic rings. The topological polar surface area (TPSA) is 96.9 Å². The van der Waals surface area contributed by atoms with E-state index in [0.717, 1.165) is 23.5 Å². The van der Waals surface area contributed by atoms with E-state index in [1.165, 1.54) is 0 Å². The number of hydrogen-bond donors (Lipinski definition) is 3. The molecule has 8 nitrogen and oxygen atoms in total. The zero-order valence-corrected chi connectivity index (χ0v) is 20.6. The summed E-state index contributed by atoms with van der Waals surface area (Å²) >= 11 is 0. The van der Waals surface area contributed by atoms with Gasteiger partial charge in [0.25, 0.3) is 5.91 Å². The fraction of sp³-hybridized carbons (Fsp3) is 0.409. The molecule has 9 heteroatoms. The van der Waals surface area contributed by atoms with Gasteiger partial charge in [-0.15, -0.1) is 24.0 Å². The minimum atomic E-state index is -0.145. The van der Waals surface area contributed by atoms with E-state index in [-0.39, 0.29) is 29.9 Å². The van der Waals surface area contributed by atoms with Crippen molar-refractivity contribution in [2.75, 3.05) is 39.9 Å². The van der Waals surface area contributed by atoms with E-state index < -0.39 is 0 Å². The lowest BCUT2D eigenvalue weighted by Crippen LogP contribution is -2.42. The summed E-state index contributed by atoms with van der Waals surface area (Å²) in [5, 5.41) is 9.30. The molecule has 0 saturated heterocycles. The lowest BCUT2D eigenvalue weighted by atomic mass is 10.1. The third-order valence-corrected chi connectivity index (χ3v) is 4.16. The van der Waals surface area contributed by atoms with Crippen LogP contribution in [0.15, 0.2) is 47.7 Å². The molecule has 2 rings (SSSR count). The van der Waals surface area contributed by atoms with E-state index >= 15 is 0 Å². The molecule has 0 unspecified atom stereocenters. The number of ether oxygens (including phenoxy) is 2. The summed E-state index contributed by atoms with van der Waals surface area (Å²) in [6, 6.07) is 9.47. The first kappa shape index (κ1) is 26.5. The molecular formula is C22H32IN5O3. The van der Waals surface area contributed by atoms with Crippen LogP contribution in [0.2, 0.25) is 0 Å². The summed E-state index contributed by atoms with van der Waals surface area (Å²) in [6.45, 7) is 6.85. The Morgan fingerprint density at radius 2 is 1.71 bits per heavy atom. The molecule has 3 N–H and O–H groups in total. The number of halogens is 1. The Bertz CT molecular complexity index is 818. The fourth-order valence-electron chi connectivity index (χ4n) is 2.75. The molecule has 0 atom stereocenters. The number of rotatable bonds is 11. The highest BCUT2D eigenvalue weighted by Crippen LogP contribution is 2.28. The van der Waals surface area contributed by atoms with Crippen molar-refractivity contribution < 1.29 is 14.3 Å². The van der Waals surface area contributed by atoms with E-state index in [9.17, 15) is 4.79 Å². The normalized spacial score (nSPS) is 10.6. The van der Waals surface area contributed by atoms with Crippen LogP contribution in [0.4, 0.5) is 0 Å². The van der Waals surface area contributed by atoms with Crippen LogP contribution in [-0.4, -0.2) is 56.7 Å². The average Bonchev–Trinajstić information content (AvgIpc) is 2.77. The van der Waals surface area contributed by atoms with Crippen LogP contribution >= 0.6 is 24.0 Å². The lowest BCUT2D eigenvalue weighted by molar-refractivity contribution is 0.0954. The van der Waals surface area contributed by atoms with E-state index in [1.807, 2.05) is 32.0 Å². The Morgan fingerprint density at radius 3 is 2.39 bits per heavy atom. The van der Waals surface area contributed by atoms with Gasteiger partial charge >= 0.3 is 0 Å². The molecule has 0 saturated carbocycles. The van der Waals surface area contributed by atoms with Crippen LogP contribution in [0, 0.1) is 0 Å². The van der Waals surface area contributed by atoms with Crippen LogP contribution in [0.25, 0.3) is 0 Å². The quantitative estimate of drug-likeness (QED) is 0.175. The van der Waals surface area contributed by atoms with Gasteiger partial charge in [-0.1, -0.05) is 6.07 Å². The third-order valence-electron chi connectivity index (χ3n) is 4.16. The molecule has 0 aliphatic heterocycles. The molecule has 0 fully saturated rings. The van der Waals surface area contributed by atoms with Gasteiger partial charge in [-0.3, -0.25) is 14.8 Å². The van der Waals surface area contributed by atoms with Gasteiger partial charge in [-0.2, -0.15) is 0 Å². The summed E-state index contributed by atoms with van der Waals surface area (Å²) in [7, 11) is 1.72. The molecular weight excluding hydrogens is 509 g/mol. The molecule has 0 radical (unpaired) electrons. The predicted molar refractivity (Wildman–Crippen MR) is 134 cm³/mol. The first-order valence-corrected chi connectivity index (χ1v) is 10.2. The van der Waals surface area contributed by atoms with Crippen molar-refractivity contribution in [3.63, 3.8) is 0 Å². The van der Waals surface area contributed by atoms with Gasteiger partial charge in [0, 0.05) is 39.1 Å². The Balaban J connectivity index is 0.00000480. The first-order chi connectivity index (χ1) is 14.7. The van der Waals surface area contributed by atoms with Crippen LogP contribution in [0.1, 0.15) is 29.8 Å². The Labute approximate surface area is 201 Å². The van der Waals surface area contributed by atoms with Gasteiger partial charge in [-0.25, -0.2) is 0 Å². The monoisotopic (exact) mass is 541 g/mol. The first-order valence-electron chi connectivity index (χ1n) is 10.2. The van der Waals surface area contributed by atoms with E-state index in [1.54, 1.807) is 31.6 Å². The second-order valence-electron chi connectivity index (χ2n) is 6.32. The number of carbonyl (C=O) groups is 1. The molecule has 1 aromatic heterocycles. The maximum atomic E-state index is 12.0. The van der Waals surface area contributed by atoms with Gasteiger partial charge < -0.3 is 25.4 Å². The van der Waals surface area contributed by atoms with Crippen molar-refractivity contribution in [3.05, 3.63) is 53.9 Å². The highest BCUT2D eigenvalue weighted by Gasteiger charge is 2.07. The largest absolute Gasteiger partial charge is 0.490 e. The van der Waals surface area contributed by atoms with Crippen LogP contribution in [0.3, 0.4) is 0 Å². The van der Waals surface area contributed by atoms with Crippen molar-refractivity contribution in [3.8, 4) is 11.5 Å². The predicted octanol–water partition coefficient (Wildman–Crippen LogP) is 2.63. The third kappa shape index (κ3) is 9.41. The van der Waals surface area contributed by atoms with Gasteiger partial charge in [0.2, 0.25) is 0 Å². The van der Waals surface area contributed by atoms with Crippen molar-refractivity contribution in [1.82, 2.24) is 20.9 Å². The summed E-state index contributed by atoms with van der Waals surface area (Å²) in [5.41, 5.74) is 1.69. The Morgan fingerprint density at radius 1 is 1.00 bits per heavy atom. The molecule has 1 aromatic carbocycles. The standard InChI is InChI=1S/C22H31N5O3.HI/c1-4-29-19-9-8-17(15-20(19)30-5-2)10-12-26-22(23-3)27-14-13-25-21(28)18-7-6-11-24-16-18;/h6-9,11,15-16H,4-5,10,12-14H2,1-3H3,(H,25,28)(H2,23,26,27);1H. The molecule has 170 valence electrons. The highest BCUT2D eigenvalue weighted by atomic mass is 127. The maximum Gasteiger partial charge on any atom is 0.252 e. The number of carbonyl (C=O) groups excluding carboxylic acids is 1. The number of aromatic nitrogens is 1. The minimum Gasteiger partial charge on any atom is -0.490 e. The van der Waals surface area contributed by atoms with E-state index in [2.05, 4.69) is 25.9 Å². The highest BCUT2D eigenvalue weighted by molar-refractivity contribution is 14.0. The van der Waals surface area contributed by atoms with Crippen LogP contribution in [0.5, 0.6) is 11.5 Å². The number of nitrogens with zero attached hydrogens (tertiary/aromatic N) is 2. The average molecular weight is 541 g/mol. The molecule has 31 heavy (non-hydrogen) atoms. The van der Waals surface area contributed by atoms with E-state index in [4.69, 9.17) is 9.47 Å². The number of aliphatic imine (C=N–C) groups is 1. The van der Waals surface area contributed by atoms with Crippen molar-refractivity contribution in [2.24, 2.45) is 4.99 Å². The zero-order chi connectivity index (χ0) is 21.6. The smallest absolute Gasteiger partial charge is 0.252 e.